The second kappa shape index (κ2) is 6.69. The molecule has 8 nitrogen and oxygen atoms in total. The van der Waals surface area contributed by atoms with Gasteiger partial charge < -0.3 is 10.6 Å². The summed E-state index contributed by atoms with van der Waals surface area (Å²) in [6, 6.07) is 0. The smallest absolute Gasteiger partial charge is 0.245 e. The minimum Gasteiger partial charge on any atom is -0.319 e. The number of hydrogen-bond donors (Lipinski definition) is 2. The van der Waals surface area contributed by atoms with Crippen molar-refractivity contribution in [2.45, 2.75) is 19.8 Å². The molecule has 2 aromatic rings. The van der Waals surface area contributed by atoms with Crippen LogP contribution in [0.3, 0.4) is 0 Å². The van der Waals surface area contributed by atoms with Crippen LogP contribution in [-0.4, -0.2) is 20.9 Å². The van der Waals surface area contributed by atoms with Gasteiger partial charge >= 0.3 is 0 Å². The Bertz CT molecular complexity index is 576. The zero-order valence-electron chi connectivity index (χ0n) is 12.2. The Morgan fingerprint density at radius 1 is 0.905 bits per heavy atom. The highest BCUT2D eigenvalue weighted by Crippen LogP contribution is 1.86. The molecule has 0 aliphatic heterocycles. The summed E-state index contributed by atoms with van der Waals surface area (Å²) in [5, 5.41) is 5.37. The second-order valence-corrected chi connectivity index (χ2v) is 4.88. The molecule has 2 rings (SSSR count). The number of carbonyl (C=O) groups is 2. The summed E-state index contributed by atoms with van der Waals surface area (Å²) in [6.45, 7) is 0.695. The van der Waals surface area contributed by atoms with Gasteiger partial charge in [0.25, 0.3) is 0 Å². The lowest BCUT2D eigenvalue weighted by Crippen LogP contribution is -2.34. The van der Waals surface area contributed by atoms with E-state index in [1.165, 1.54) is 0 Å². The molecule has 2 heterocycles. The van der Waals surface area contributed by atoms with Gasteiger partial charge in [-0.3, -0.25) is 9.59 Å². The fraction of sp³-hybridized carbons (Fsp3) is 0.385. The molecule has 0 saturated carbocycles. The molecule has 2 aromatic heterocycles. The van der Waals surface area contributed by atoms with Crippen LogP contribution in [0.1, 0.15) is 6.42 Å². The number of rotatable bonds is 6. The Balaban J connectivity index is 1.68. The molecule has 0 radical (unpaired) electrons. The van der Waals surface area contributed by atoms with E-state index in [1.54, 1.807) is 0 Å². The fourth-order valence-electron chi connectivity index (χ4n) is 1.82. The minimum atomic E-state index is -0.304. The van der Waals surface area contributed by atoms with Gasteiger partial charge in [-0.05, 0) is 0 Å². The average Bonchev–Trinajstić information content (AvgIpc) is 3.03. The molecular formula is C13H20N6O2+2. The molecule has 0 fully saturated rings. The summed E-state index contributed by atoms with van der Waals surface area (Å²) in [4.78, 5) is 23.3. The van der Waals surface area contributed by atoms with Crippen molar-refractivity contribution in [3.63, 3.8) is 0 Å². The van der Waals surface area contributed by atoms with E-state index in [0.717, 1.165) is 0 Å². The third-order valence-electron chi connectivity index (χ3n) is 2.89. The van der Waals surface area contributed by atoms with Crippen LogP contribution in [0.2, 0.25) is 0 Å². The van der Waals surface area contributed by atoms with Gasteiger partial charge in [0.15, 0.2) is 13.3 Å². The van der Waals surface area contributed by atoms with Crippen LogP contribution in [0.5, 0.6) is 0 Å². The number of carbonyl (C=O) groups excluding carboxylic acids is 2. The standard InChI is InChI=1S/C13H18N6O2/c1-16-3-5-18(10-16)8-14-12(20)7-13(21)15-9-19-6-4-17(2)11-19/h3-6,10-11H,7-9H2,1-2H3/p+2. The van der Waals surface area contributed by atoms with E-state index >= 15 is 0 Å². The molecule has 0 aliphatic rings. The van der Waals surface area contributed by atoms with Crippen LogP contribution in [0.15, 0.2) is 37.4 Å². The first-order valence-electron chi connectivity index (χ1n) is 6.58. The molecule has 2 amide bonds. The SMILES string of the molecule is C[n+]1ccn(CNC(=O)CC(=O)NCn2cc[n+](C)c2)c1. The molecule has 2 N–H and O–H groups in total. The molecule has 0 saturated heterocycles. The zero-order chi connectivity index (χ0) is 15.2. The summed E-state index contributed by atoms with van der Waals surface area (Å²) in [5.74, 6) is -0.608. The third kappa shape index (κ3) is 4.75. The molecule has 0 atom stereocenters. The van der Waals surface area contributed by atoms with E-state index in [2.05, 4.69) is 10.6 Å². The topological polar surface area (TPSA) is 75.8 Å². The molecule has 112 valence electrons. The van der Waals surface area contributed by atoms with Crippen LogP contribution in [0.25, 0.3) is 0 Å². The first kappa shape index (κ1) is 14.8. The largest absolute Gasteiger partial charge is 0.319 e. The Morgan fingerprint density at radius 3 is 1.67 bits per heavy atom. The summed E-state index contributed by atoms with van der Waals surface area (Å²) < 4.78 is 7.37. The predicted octanol–water partition coefficient (Wildman–Crippen LogP) is -1.82. The van der Waals surface area contributed by atoms with E-state index in [0.29, 0.717) is 13.3 Å². The van der Waals surface area contributed by atoms with Crippen molar-refractivity contribution in [1.82, 2.24) is 19.8 Å². The van der Waals surface area contributed by atoms with E-state index in [1.807, 2.05) is 69.8 Å². The molecule has 0 unspecified atom stereocenters. The normalized spacial score (nSPS) is 10.4. The highest BCUT2D eigenvalue weighted by molar-refractivity contribution is 5.96. The van der Waals surface area contributed by atoms with Crippen LogP contribution < -0.4 is 19.8 Å². The Morgan fingerprint density at radius 2 is 1.33 bits per heavy atom. The number of aryl methyl sites for hydroxylation is 2. The van der Waals surface area contributed by atoms with Gasteiger partial charge in [0.2, 0.25) is 24.5 Å². The maximum Gasteiger partial charge on any atom is 0.245 e. The van der Waals surface area contributed by atoms with Crippen LogP contribution in [0, 0.1) is 0 Å². The van der Waals surface area contributed by atoms with E-state index < -0.39 is 0 Å². The average molecular weight is 292 g/mol. The van der Waals surface area contributed by atoms with Gasteiger partial charge in [-0.1, -0.05) is 0 Å². The Labute approximate surface area is 122 Å². The lowest BCUT2D eigenvalue weighted by molar-refractivity contribution is -0.671. The fourth-order valence-corrected chi connectivity index (χ4v) is 1.82. The summed E-state index contributed by atoms with van der Waals surface area (Å²) in [5.41, 5.74) is 0. The van der Waals surface area contributed by atoms with Crippen LogP contribution >= 0.6 is 0 Å². The van der Waals surface area contributed by atoms with Gasteiger partial charge in [-0.15, -0.1) is 0 Å². The first-order valence-corrected chi connectivity index (χ1v) is 6.58. The maximum atomic E-state index is 11.6. The molecule has 8 heteroatoms. The predicted molar refractivity (Wildman–Crippen MR) is 72.1 cm³/mol. The number of nitrogens with one attached hydrogen (secondary N) is 2. The van der Waals surface area contributed by atoms with E-state index in [9.17, 15) is 9.59 Å². The molecule has 0 bridgehead atoms. The maximum absolute atomic E-state index is 11.6. The van der Waals surface area contributed by atoms with Crippen molar-refractivity contribution in [2.24, 2.45) is 14.1 Å². The molecule has 0 aromatic carbocycles. The van der Waals surface area contributed by atoms with Gasteiger partial charge in [-0.25, -0.2) is 18.3 Å². The van der Waals surface area contributed by atoms with Crippen molar-refractivity contribution < 1.29 is 18.7 Å². The number of nitrogens with zero attached hydrogens (tertiary/aromatic N) is 4. The quantitative estimate of drug-likeness (QED) is 0.486. The number of imidazole rings is 2. The molecule has 0 spiro atoms. The first-order chi connectivity index (χ1) is 10.0. The van der Waals surface area contributed by atoms with Gasteiger partial charge in [0.1, 0.15) is 31.2 Å². The van der Waals surface area contributed by atoms with Crippen molar-refractivity contribution in [2.75, 3.05) is 0 Å². The molecular weight excluding hydrogens is 272 g/mol. The van der Waals surface area contributed by atoms with Gasteiger partial charge in [0.05, 0.1) is 14.1 Å². The minimum absolute atomic E-state index is 0.180. The highest BCUT2D eigenvalue weighted by Gasteiger charge is 2.11. The lowest BCUT2D eigenvalue weighted by atomic mass is 10.4. The monoisotopic (exact) mass is 292 g/mol. The third-order valence-corrected chi connectivity index (χ3v) is 2.89. The van der Waals surface area contributed by atoms with Crippen molar-refractivity contribution in [3.8, 4) is 0 Å². The number of hydrogen-bond acceptors (Lipinski definition) is 2. The van der Waals surface area contributed by atoms with Gasteiger partial charge in [-0.2, -0.15) is 0 Å². The van der Waals surface area contributed by atoms with Crippen LogP contribution in [0.4, 0.5) is 0 Å². The zero-order valence-corrected chi connectivity index (χ0v) is 12.2. The van der Waals surface area contributed by atoms with Crippen molar-refractivity contribution in [1.29, 1.82) is 0 Å². The van der Waals surface area contributed by atoms with Gasteiger partial charge in [0, 0.05) is 0 Å². The molecule has 0 aliphatic carbocycles. The van der Waals surface area contributed by atoms with E-state index in [4.69, 9.17) is 0 Å². The van der Waals surface area contributed by atoms with Crippen molar-refractivity contribution in [3.05, 3.63) is 37.4 Å². The summed E-state index contributed by atoms with van der Waals surface area (Å²) in [6.07, 6.45) is 10.9. The van der Waals surface area contributed by atoms with Crippen LogP contribution in [-0.2, 0) is 37.0 Å². The van der Waals surface area contributed by atoms with E-state index in [-0.39, 0.29) is 18.2 Å². The second-order valence-electron chi connectivity index (χ2n) is 4.88. The van der Waals surface area contributed by atoms with Crippen molar-refractivity contribution >= 4 is 11.8 Å². The lowest BCUT2D eigenvalue weighted by Gasteiger charge is -2.03. The number of amides is 2. The molecule has 21 heavy (non-hydrogen) atoms. The highest BCUT2D eigenvalue weighted by atomic mass is 16.2. The summed E-state index contributed by atoms with van der Waals surface area (Å²) >= 11 is 0. The Kier molecular flexibility index (Phi) is 4.70. The summed E-state index contributed by atoms with van der Waals surface area (Å²) in [7, 11) is 3.79. The number of aromatic nitrogens is 4. The Hall–Kier alpha value is -2.64.